The summed E-state index contributed by atoms with van der Waals surface area (Å²) in [6.45, 7) is 0.519. The first-order chi connectivity index (χ1) is 11.4. The summed E-state index contributed by atoms with van der Waals surface area (Å²) in [5.41, 5.74) is 1.01. The molecule has 4 aromatic rings. The van der Waals surface area contributed by atoms with Gasteiger partial charge < -0.3 is 9.09 Å². The molecule has 0 atom stereocenters. The van der Waals surface area contributed by atoms with Crippen molar-refractivity contribution in [3.05, 3.63) is 71.0 Å². The summed E-state index contributed by atoms with van der Waals surface area (Å²) in [5, 5.41) is 6.10. The molecule has 0 bridgehead atoms. The van der Waals surface area contributed by atoms with Crippen molar-refractivity contribution in [2.45, 2.75) is 13.0 Å². The molecule has 4 aromatic heterocycles. The Bertz CT molecular complexity index is 882. The molecule has 0 saturated heterocycles. The van der Waals surface area contributed by atoms with Gasteiger partial charge >= 0.3 is 0 Å². The first-order valence-corrected chi connectivity index (χ1v) is 8.02. The summed E-state index contributed by atoms with van der Waals surface area (Å²) >= 11 is 1.68. The highest BCUT2D eigenvalue weighted by atomic mass is 32.1. The fraction of sp³-hybridized carbons (Fsp3) is 0.125. The lowest BCUT2D eigenvalue weighted by Crippen LogP contribution is -2.03. The first kappa shape index (κ1) is 13.8. The Balaban J connectivity index is 1.53. The Morgan fingerprint density at radius 3 is 2.87 bits per heavy atom. The van der Waals surface area contributed by atoms with Crippen LogP contribution in [0.1, 0.15) is 16.6 Å². The normalized spacial score (nSPS) is 11.0. The second kappa shape index (κ2) is 6.13. The Morgan fingerprint density at radius 1 is 1.13 bits per heavy atom. The smallest absolute Gasteiger partial charge is 0.231 e. The lowest BCUT2D eigenvalue weighted by atomic mass is 10.2. The molecule has 0 aliphatic rings. The van der Waals surface area contributed by atoms with Crippen LogP contribution in [-0.4, -0.2) is 24.7 Å². The minimum absolute atomic E-state index is 0.519. The number of nitrogens with zero attached hydrogens (tertiary/aromatic N) is 5. The molecule has 0 spiro atoms. The molecule has 4 rings (SSSR count). The van der Waals surface area contributed by atoms with Gasteiger partial charge in [-0.2, -0.15) is 4.98 Å². The molecule has 23 heavy (non-hydrogen) atoms. The molecular weight excluding hydrogens is 310 g/mol. The van der Waals surface area contributed by atoms with E-state index in [9.17, 15) is 0 Å². The van der Waals surface area contributed by atoms with Crippen molar-refractivity contribution >= 4 is 11.3 Å². The van der Waals surface area contributed by atoms with Crippen molar-refractivity contribution in [2.24, 2.45) is 0 Å². The fourth-order valence-electron chi connectivity index (χ4n) is 2.34. The summed E-state index contributed by atoms with van der Waals surface area (Å²) in [4.78, 5) is 14.1. The maximum atomic E-state index is 5.33. The number of hydrogen-bond acceptors (Lipinski definition) is 6. The maximum absolute atomic E-state index is 5.33. The largest absolute Gasteiger partial charge is 0.339 e. The van der Waals surface area contributed by atoms with Crippen molar-refractivity contribution in [3.63, 3.8) is 0 Å². The number of pyridine rings is 1. The van der Waals surface area contributed by atoms with Crippen molar-refractivity contribution in [3.8, 4) is 11.4 Å². The van der Waals surface area contributed by atoms with Crippen LogP contribution in [-0.2, 0) is 13.0 Å². The number of imidazole rings is 1. The van der Waals surface area contributed by atoms with Crippen LogP contribution in [0.15, 0.2) is 59.0 Å². The summed E-state index contributed by atoms with van der Waals surface area (Å²) < 4.78 is 7.33. The molecule has 0 fully saturated rings. The summed E-state index contributed by atoms with van der Waals surface area (Å²) in [5.74, 6) is 2.13. The third kappa shape index (κ3) is 3.04. The third-order valence-corrected chi connectivity index (χ3v) is 4.26. The number of thiophene rings is 1. The molecule has 0 saturated carbocycles. The van der Waals surface area contributed by atoms with Crippen LogP contribution < -0.4 is 0 Å². The van der Waals surface area contributed by atoms with Crippen molar-refractivity contribution in [1.29, 1.82) is 0 Å². The van der Waals surface area contributed by atoms with Gasteiger partial charge in [-0.15, -0.1) is 11.3 Å². The van der Waals surface area contributed by atoms with Gasteiger partial charge in [0, 0.05) is 35.2 Å². The van der Waals surface area contributed by atoms with Crippen LogP contribution in [0.3, 0.4) is 0 Å². The number of rotatable bonds is 5. The number of hydrogen-bond donors (Lipinski definition) is 0. The van der Waals surface area contributed by atoms with Gasteiger partial charge in [-0.25, -0.2) is 4.98 Å². The SMILES string of the molecule is c1csc(Cc2nc(Cn3ccnc3-c3ccncc3)no2)c1. The highest BCUT2D eigenvalue weighted by molar-refractivity contribution is 7.09. The van der Waals surface area contributed by atoms with Gasteiger partial charge in [0.15, 0.2) is 5.82 Å². The van der Waals surface area contributed by atoms with Crippen molar-refractivity contribution < 1.29 is 4.52 Å². The standard InChI is InChI=1S/C16H13N5OS/c1-2-13(23-9-1)10-15-19-14(20-22-15)11-21-8-7-18-16(21)12-3-5-17-6-4-12/h1-9H,10-11H2. The predicted molar refractivity (Wildman–Crippen MR) is 86.0 cm³/mol. The van der Waals surface area contributed by atoms with E-state index in [0.717, 1.165) is 11.4 Å². The zero-order valence-electron chi connectivity index (χ0n) is 12.2. The van der Waals surface area contributed by atoms with Gasteiger partial charge in [0.05, 0.1) is 13.0 Å². The van der Waals surface area contributed by atoms with Gasteiger partial charge in [-0.05, 0) is 23.6 Å². The average Bonchev–Trinajstić information content (AvgIpc) is 3.32. The van der Waals surface area contributed by atoms with Crippen molar-refractivity contribution in [2.75, 3.05) is 0 Å². The van der Waals surface area contributed by atoms with Gasteiger partial charge in [-0.1, -0.05) is 11.2 Å². The molecular formula is C16H13N5OS. The van der Waals surface area contributed by atoms with E-state index < -0.39 is 0 Å². The second-order valence-corrected chi connectivity index (χ2v) is 6.01. The van der Waals surface area contributed by atoms with Crippen LogP contribution in [0.5, 0.6) is 0 Å². The first-order valence-electron chi connectivity index (χ1n) is 7.14. The van der Waals surface area contributed by atoms with Crippen LogP contribution >= 0.6 is 11.3 Å². The molecule has 0 N–H and O–H groups in total. The molecule has 0 aromatic carbocycles. The van der Waals surface area contributed by atoms with E-state index in [-0.39, 0.29) is 0 Å². The molecule has 6 nitrogen and oxygen atoms in total. The van der Waals surface area contributed by atoms with Gasteiger partial charge in [0.25, 0.3) is 0 Å². The zero-order valence-corrected chi connectivity index (χ0v) is 13.0. The summed E-state index contributed by atoms with van der Waals surface area (Å²) in [7, 11) is 0. The summed E-state index contributed by atoms with van der Waals surface area (Å²) in [6.07, 6.45) is 7.85. The van der Waals surface area contributed by atoms with Gasteiger partial charge in [0.1, 0.15) is 5.82 Å². The molecule has 7 heteroatoms. The molecule has 114 valence electrons. The molecule has 0 radical (unpaired) electrons. The molecule has 0 aliphatic heterocycles. The monoisotopic (exact) mass is 323 g/mol. The van der Waals surface area contributed by atoms with Gasteiger partial charge in [0.2, 0.25) is 5.89 Å². The molecule has 0 amide bonds. The summed E-state index contributed by atoms with van der Waals surface area (Å²) in [6, 6.07) is 7.93. The van der Waals surface area contributed by atoms with E-state index >= 15 is 0 Å². The fourth-order valence-corrected chi connectivity index (χ4v) is 3.03. The van der Waals surface area contributed by atoms with Crippen LogP contribution in [0.2, 0.25) is 0 Å². The zero-order chi connectivity index (χ0) is 15.5. The maximum Gasteiger partial charge on any atom is 0.231 e. The predicted octanol–water partition coefficient (Wildman–Crippen LogP) is 3.03. The topological polar surface area (TPSA) is 69.6 Å². The lowest BCUT2D eigenvalue weighted by Gasteiger charge is -2.04. The quantitative estimate of drug-likeness (QED) is 0.564. The van der Waals surface area contributed by atoms with Crippen LogP contribution in [0.25, 0.3) is 11.4 Å². The lowest BCUT2D eigenvalue weighted by molar-refractivity contribution is 0.379. The van der Waals surface area contributed by atoms with E-state index in [2.05, 4.69) is 26.2 Å². The highest BCUT2D eigenvalue weighted by Gasteiger charge is 2.11. The van der Waals surface area contributed by atoms with E-state index in [4.69, 9.17) is 4.52 Å². The Kier molecular flexibility index (Phi) is 3.69. The van der Waals surface area contributed by atoms with Crippen LogP contribution in [0, 0.1) is 0 Å². The second-order valence-electron chi connectivity index (χ2n) is 4.98. The Hall–Kier alpha value is -2.80. The van der Waals surface area contributed by atoms with E-state index in [0.29, 0.717) is 24.7 Å². The number of aromatic nitrogens is 5. The van der Waals surface area contributed by atoms with E-state index in [1.54, 1.807) is 29.9 Å². The van der Waals surface area contributed by atoms with E-state index in [1.807, 2.05) is 34.3 Å². The van der Waals surface area contributed by atoms with E-state index in [1.165, 1.54) is 4.88 Å². The Labute approximate surface area is 136 Å². The molecule has 0 aliphatic carbocycles. The van der Waals surface area contributed by atoms with Gasteiger partial charge in [-0.3, -0.25) is 4.98 Å². The Morgan fingerprint density at radius 2 is 2.04 bits per heavy atom. The minimum Gasteiger partial charge on any atom is -0.339 e. The van der Waals surface area contributed by atoms with Crippen LogP contribution in [0.4, 0.5) is 0 Å². The molecule has 4 heterocycles. The van der Waals surface area contributed by atoms with Crippen molar-refractivity contribution in [1.82, 2.24) is 24.7 Å². The average molecular weight is 323 g/mol. The molecule has 0 unspecified atom stereocenters. The third-order valence-electron chi connectivity index (χ3n) is 3.38. The highest BCUT2D eigenvalue weighted by Crippen LogP contribution is 2.18. The minimum atomic E-state index is 0.519.